The van der Waals surface area contributed by atoms with Gasteiger partial charge < -0.3 is 4.74 Å². The van der Waals surface area contributed by atoms with E-state index < -0.39 is 9.05 Å². The van der Waals surface area contributed by atoms with Crippen molar-refractivity contribution in [1.29, 1.82) is 0 Å². The second-order valence-corrected chi connectivity index (χ2v) is 6.46. The van der Waals surface area contributed by atoms with Gasteiger partial charge in [-0.05, 0) is 0 Å². The maximum Gasteiger partial charge on any atom is 0.238 e. The molecule has 82 valence electrons. The van der Waals surface area contributed by atoms with Crippen LogP contribution in [0.3, 0.4) is 0 Å². The molecule has 2 aromatic rings. The highest BCUT2D eigenvalue weighted by Crippen LogP contribution is 2.25. The summed E-state index contributed by atoms with van der Waals surface area (Å²) in [7, 11) is 3.03. The lowest BCUT2D eigenvalue weighted by Gasteiger charge is -1.99. The van der Waals surface area contributed by atoms with Gasteiger partial charge in [-0.3, -0.25) is 4.40 Å². The Morgan fingerprint density at radius 3 is 3.00 bits per heavy atom. The van der Waals surface area contributed by atoms with Crippen molar-refractivity contribution in [1.82, 2.24) is 9.38 Å². The third-order valence-electron chi connectivity index (χ3n) is 1.83. The SMILES string of the molecule is COc1nc2sccn2c1CS(=O)(=O)Cl. The van der Waals surface area contributed by atoms with Gasteiger partial charge in [-0.2, -0.15) is 4.98 Å². The Bertz CT molecular complexity index is 586. The van der Waals surface area contributed by atoms with Gasteiger partial charge in [0.15, 0.2) is 4.96 Å². The zero-order valence-corrected chi connectivity index (χ0v) is 10.1. The molecular weight excluding hydrogens is 260 g/mol. The molecule has 0 aliphatic heterocycles. The van der Waals surface area contributed by atoms with Gasteiger partial charge in [0.2, 0.25) is 14.9 Å². The van der Waals surface area contributed by atoms with Crippen molar-refractivity contribution in [2.75, 3.05) is 7.11 Å². The average molecular weight is 267 g/mol. The smallest absolute Gasteiger partial charge is 0.238 e. The molecule has 2 rings (SSSR count). The minimum atomic E-state index is -3.61. The highest BCUT2D eigenvalue weighted by atomic mass is 35.7. The largest absolute Gasteiger partial charge is 0.480 e. The number of halogens is 1. The predicted molar refractivity (Wildman–Crippen MR) is 58.1 cm³/mol. The number of nitrogens with zero attached hydrogens (tertiary/aromatic N) is 2. The number of methoxy groups -OCH3 is 1. The fourth-order valence-corrected chi connectivity index (χ4v) is 2.89. The molecule has 5 nitrogen and oxygen atoms in total. The van der Waals surface area contributed by atoms with Crippen molar-refractivity contribution in [3.8, 4) is 5.88 Å². The molecular formula is C7H7ClN2O3S2. The monoisotopic (exact) mass is 266 g/mol. The van der Waals surface area contributed by atoms with E-state index in [1.807, 2.05) is 5.38 Å². The minimum absolute atomic E-state index is 0.296. The van der Waals surface area contributed by atoms with Gasteiger partial charge in [0.25, 0.3) is 0 Å². The molecule has 2 aromatic heterocycles. The fraction of sp³-hybridized carbons (Fsp3) is 0.286. The number of hydrogen-bond acceptors (Lipinski definition) is 5. The third-order valence-corrected chi connectivity index (χ3v) is 3.53. The number of aromatic nitrogens is 2. The number of hydrogen-bond donors (Lipinski definition) is 0. The maximum atomic E-state index is 11.0. The van der Waals surface area contributed by atoms with Crippen molar-refractivity contribution in [3.63, 3.8) is 0 Å². The summed E-state index contributed by atoms with van der Waals surface area (Å²) in [5.74, 6) is 0.00129. The second kappa shape index (κ2) is 3.66. The minimum Gasteiger partial charge on any atom is -0.480 e. The van der Waals surface area contributed by atoms with Gasteiger partial charge in [-0.15, -0.1) is 11.3 Å². The first-order chi connectivity index (χ1) is 7.01. The van der Waals surface area contributed by atoms with E-state index in [9.17, 15) is 8.42 Å². The highest BCUT2D eigenvalue weighted by molar-refractivity contribution is 8.13. The van der Waals surface area contributed by atoms with E-state index in [0.29, 0.717) is 16.5 Å². The molecule has 8 heteroatoms. The first-order valence-electron chi connectivity index (χ1n) is 3.92. The summed E-state index contributed by atoms with van der Waals surface area (Å²) >= 11 is 1.40. The van der Waals surface area contributed by atoms with E-state index in [1.165, 1.54) is 18.4 Å². The number of ether oxygens (including phenoxy) is 1. The number of rotatable bonds is 3. The van der Waals surface area contributed by atoms with Gasteiger partial charge >= 0.3 is 0 Å². The van der Waals surface area contributed by atoms with Crippen molar-refractivity contribution in [3.05, 3.63) is 17.3 Å². The second-order valence-electron chi connectivity index (χ2n) is 2.81. The van der Waals surface area contributed by atoms with Crippen LogP contribution in [0.4, 0.5) is 0 Å². The molecule has 0 saturated heterocycles. The van der Waals surface area contributed by atoms with E-state index in [0.717, 1.165) is 0 Å². The standard InChI is InChI=1S/C7H7ClN2O3S2/c1-13-6-5(4-15(8,11)12)10-2-3-14-7(10)9-6/h2-3H,4H2,1H3. The quantitative estimate of drug-likeness (QED) is 0.790. The van der Waals surface area contributed by atoms with Gasteiger partial charge in [-0.25, -0.2) is 8.42 Å². The van der Waals surface area contributed by atoms with E-state index in [-0.39, 0.29) is 5.75 Å². The lowest BCUT2D eigenvalue weighted by atomic mass is 10.5. The van der Waals surface area contributed by atoms with Gasteiger partial charge in [0.05, 0.1) is 7.11 Å². The van der Waals surface area contributed by atoms with E-state index in [2.05, 4.69) is 4.98 Å². The first-order valence-corrected chi connectivity index (χ1v) is 7.28. The molecule has 0 spiro atoms. The van der Waals surface area contributed by atoms with Crippen molar-refractivity contribution in [2.24, 2.45) is 0 Å². The summed E-state index contributed by atoms with van der Waals surface area (Å²) in [6.45, 7) is 0. The third kappa shape index (κ3) is 2.09. The Hall–Kier alpha value is -0.790. The summed E-state index contributed by atoms with van der Waals surface area (Å²) in [4.78, 5) is 4.79. The topological polar surface area (TPSA) is 60.7 Å². The normalized spacial score (nSPS) is 12.1. The molecule has 0 unspecified atom stereocenters. The summed E-state index contributed by atoms with van der Waals surface area (Å²) in [5.41, 5.74) is 0.448. The average Bonchev–Trinajstić information content (AvgIpc) is 2.65. The fourth-order valence-electron chi connectivity index (χ4n) is 1.27. The predicted octanol–water partition coefficient (Wildman–Crippen LogP) is 1.47. The van der Waals surface area contributed by atoms with Gasteiger partial charge in [-0.1, -0.05) is 0 Å². The Morgan fingerprint density at radius 2 is 2.40 bits per heavy atom. The van der Waals surface area contributed by atoms with Crippen molar-refractivity contribution >= 4 is 36.0 Å². The molecule has 2 heterocycles. The highest BCUT2D eigenvalue weighted by Gasteiger charge is 2.19. The Kier molecular flexibility index (Phi) is 2.61. The number of imidazole rings is 1. The summed E-state index contributed by atoms with van der Waals surface area (Å²) in [6.07, 6.45) is 1.73. The van der Waals surface area contributed by atoms with Crippen LogP contribution in [0, 0.1) is 0 Å². The van der Waals surface area contributed by atoms with Crippen LogP contribution in [-0.2, 0) is 14.8 Å². The van der Waals surface area contributed by atoms with Crippen molar-refractivity contribution < 1.29 is 13.2 Å². The molecule has 0 amide bonds. The number of fused-ring (bicyclic) bond motifs is 1. The Labute approximate surface area is 94.7 Å². The van der Waals surface area contributed by atoms with Crippen LogP contribution in [0.1, 0.15) is 5.69 Å². The summed E-state index contributed by atoms with van der Waals surface area (Å²) in [6, 6.07) is 0. The summed E-state index contributed by atoms with van der Waals surface area (Å²) in [5, 5.41) is 1.81. The van der Waals surface area contributed by atoms with E-state index >= 15 is 0 Å². The molecule has 0 radical (unpaired) electrons. The Balaban J connectivity index is 2.59. The molecule has 0 aromatic carbocycles. The molecule has 0 fully saturated rings. The Morgan fingerprint density at radius 1 is 1.67 bits per heavy atom. The van der Waals surface area contributed by atoms with Crippen LogP contribution in [0.5, 0.6) is 5.88 Å². The van der Waals surface area contributed by atoms with Crippen LogP contribution < -0.4 is 4.74 Å². The molecule has 0 bridgehead atoms. The van der Waals surface area contributed by atoms with Crippen molar-refractivity contribution in [2.45, 2.75) is 5.75 Å². The lowest BCUT2D eigenvalue weighted by Crippen LogP contribution is -2.00. The molecule has 0 N–H and O–H groups in total. The van der Waals surface area contributed by atoms with Crippen LogP contribution in [-0.4, -0.2) is 24.9 Å². The van der Waals surface area contributed by atoms with Crippen LogP contribution in [0.25, 0.3) is 4.96 Å². The zero-order chi connectivity index (χ0) is 11.1. The summed E-state index contributed by atoms with van der Waals surface area (Å²) < 4.78 is 28.7. The molecule has 0 atom stereocenters. The molecule has 15 heavy (non-hydrogen) atoms. The van der Waals surface area contributed by atoms with E-state index in [4.69, 9.17) is 15.4 Å². The molecule has 0 aliphatic rings. The lowest BCUT2D eigenvalue weighted by molar-refractivity contribution is 0.396. The van der Waals surface area contributed by atoms with E-state index in [1.54, 1.807) is 10.6 Å². The number of thiazole rings is 1. The van der Waals surface area contributed by atoms with Gasteiger partial charge in [0, 0.05) is 22.3 Å². The van der Waals surface area contributed by atoms with Gasteiger partial charge in [0.1, 0.15) is 11.4 Å². The first kappa shape index (κ1) is 10.7. The van der Waals surface area contributed by atoms with Crippen LogP contribution in [0.15, 0.2) is 11.6 Å². The van der Waals surface area contributed by atoms with Crippen LogP contribution in [0.2, 0.25) is 0 Å². The molecule has 0 aliphatic carbocycles. The van der Waals surface area contributed by atoms with Crippen LogP contribution >= 0.6 is 22.0 Å². The maximum absolute atomic E-state index is 11.0. The molecule has 0 saturated carbocycles. The zero-order valence-electron chi connectivity index (χ0n) is 7.68.